The molecular formula is C21H29ClN6O2S. The quantitative estimate of drug-likeness (QED) is 0.634. The molecule has 2 aromatic rings. The van der Waals surface area contributed by atoms with Gasteiger partial charge in [0.25, 0.3) is 5.91 Å². The molecular weight excluding hydrogens is 436 g/mol. The molecule has 0 aromatic carbocycles. The van der Waals surface area contributed by atoms with Gasteiger partial charge < -0.3 is 16.0 Å². The summed E-state index contributed by atoms with van der Waals surface area (Å²) in [5.74, 6) is 1.12. The van der Waals surface area contributed by atoms with Crippen molar-refractivity contribution in [1.29, 1.82) is 0 Å². The van der Waals surface area contributed by atoms with E-state index < -0.39 is 6.04 Å². The topological polar surface area (TPSA) is 114 Å². The molecule has 1 unspecified atom stereocenters. The van der Waals surface area contributed by atoms with Crippen LogP contribution in [0, 0.1) is 19.8 Å². The predicted octanol–water partition coefficient (Wildman–Crippen LogP) is 3.17. The van der Waals surface area contributed by atoms with Gasteiger partial charge in [0.1, 0.15) is 28.5 Å². The lowest BCUT2D eigenvalue weighted by Gasteiger charge is -2.24. The predicted molar refractivity (Wildman–Crippen MR) is 122 cm³/mol. The molecule has 0 radical (unpaired) electrons. The number of carbonyl (C=O) groups is 2. The molecule has 0 spiro atoms. The minimum Gasteiger partial charge on any atom is -0.383 e. The number of aryl methyl sites for hydroxylation is 2. The van der Waals surface area contributed by atoms with Crippen LogP contribution in [0.2, 0.25) is 5.15 Å². The molecule has 1 saturated heterocycles. The number of nitrogens with one attached hydrogen (secondary N) is 1. The Balaban J connectivity index is 1.51. The zero-order valence-electron chi connectivity index (χ0n) is 18.2. The molecule has 10 heteroatoms. The summed E-state index contributed by atoms with van der Waals surface area (Å²) in [5, 5.41) is 5.73. The normalized spacial score (nSPS) is 17.8. The number of thiazole rings is 1. The SMILES string of the molecule is Cc1nc(N)c(CCC2CCCN(C(=O)[C@H](C)NC(=O)c3csc(C)n3)CC2)c(Cl)n1. The first-order valence-corrected chi connectivity index (χ1v) is 11.8. The number of hydrogen-bond acceptors (Lipinski definition) is 7. The summed E-state index contributed by atoms with van der Waals surface area (Å²) in [4.78, 5) is 39.6. The zero-order chi connectivity index (χ0) is 22.5. The molecule has 1 aliphatic rings. The molecule has 31 heavy (non-hydrogen) atoms. The molecule has 2 aromatic heterocycles. The van der Waals surface area contributed by atoms with E-state index in [1.165, 1.54) is 11.3 Å². The number of anilines is 1. The third kappa shape index (κ3) is 6.13. The number of amides is 2. The lowest BCUT2D eigenvalue weighted by Crippen LogP contribution is -2.47. The van der Waals surface area contributed by atoms with Gasteiger partial charge in [-0.3, -0.25) is 9.59 Å². The van der Waals surface area contributed by atoms with Crippen molar-refractivity contribution in [3.63, 3.8) is 0 Å². The minimum absolute atomic E-state index is 0.0554. The fraction of sp³-hybridized carbons (Fsp3) is 0.571. The van der Waals surface area contributed by atoms with Gasteiger partial charge in [-0.15, -0.1) is 11.3 Å². The van der Waals surface area contributed by atoms with Crippen molar-refractivity contribution in [1.82, 2.24) is 25.2 Å². The van der Waals surface area contributed by atoms with Gasteiger partial charge in [0.15, 0.2) is 0 Å². The van der Waals surface area contributed by atoms with Crippen molar-refractivity contribution in [2.45, 2.75) is 58.9 Å². The second-order valence-electron chi connectivity index (χ2n) is 8.03. The molecule has 1 aliphatic heterocycles. The first-order valence-electron chi connectivity index (χ1n) is 10.5. The average molecular weight is 465 g/mol. The lowest BCUT2D eigenvalue weighted by atomic mass is 9.93. The maximum Gasteiger partial charge on any atom is 0.271 e. The van der Waals surface area contributed by atoms with Gasteiger partial charge in [-0.25, -0.2) is 15.0 Å². The second-order valence-corrected chi connectivity index (χ2v) is 9.45. The van der Waals surface area contributed by atoms with E-state index in [2.05, 4.69) is 20.3 Å². The summed E-state index contributed by atoms with van der Waals surface area (Å²) < 4.78 is 0. The van der Waals surface area contributed by atoms with Crippen LogP contribution >= 0.6 is 22.9 Å². The molecule has 2 atom stereocenters. The number of halogens is 1. The lowest BCUT2D eigenvalue weighted by molar-refractivity contribution is -0.132. The fourth-order valence-corrected chi connectivity index (χ4v) is 4.82. The third-order valence-corrected chi connectivity index (χ3v) is 6.72. The van der Waals surface area contributed by atoms with Crippen LogP contribution < -0.4 is 11.1 Å². The number of nitrogens with two attached hydrogens (primary N) is 1. The van der Waals surface area contributed by atoms with Crippen molar-refractivity contribution >= 4 is 40.6 Å². The van der Waals surface area contributed by atoms with E-state index in [0.29, 0.717) is 41.5 Å². The van der Waals surface area contributed by atoms with Gasteiger partial charge in [-0.05, 0) is 58.8 Å². The van der Waals surface area contributed by atoms with Gasteiger partial charge in [-0.2, -0.15) is 0 Å². The van der Waals surface area contributed by atoms with Gasteiger partial charge in [0.2, 0.25) is 5.91 Å². The van der Waals surface area contributed by atoms with Crippen LogP contribution in [0.15, 0.2) is 5.38 Å². The number of likely N-dealkylation sites (tertiary alicyclic amines) is 1. The molecule has 0 saturated carbocycles. The number of carbonyl (C=O) groups excluding carboxylic acids is 2. The van der Waals surface area contributed by atoms with Gasteiger partial charge in [0.05, 0.1) is 5.01 Å². The van der Waals surface area contributed by atoms with E-state index in [0.717, 1.165) is 42.7 Å². The molecule has 1 fully saturated rings. The van der Waals surface area contributed by atoms with Gasteiger partial charge in [-0.1, -0.05) is 11.6 Å². The average Bonchev–Trinajstić information content (AvgIpc) is 3.01. The van der Waals surface area contributed by atoms with Crippen molar-refractivity contribution < 1.29 is 9.59 Å². The zero-order valence-corrected chi connectivity index (χ0v) is 19.7. The standard InChI is InChI=1S/C21H29ClN6O2S/c1-12(24-20(29)17-11-31-14(3)27-17)21(30)28-9-4-5-15(8-10-28)6-7-16-18(22)25-13(2)26-19(16)23/h11-12,15H,4-10H2,1-3H3,(H,24,29)(H2,23,25,26)/t12-,15?/m0/s1. The van der Waals surface area contributed by atoms with Crippen LogP contribution in [-0.4, -0.2) is 50.8 Å². The highest BCUT2D eigenvalue weighted by Gasteiger charge is 2.26. The van der Waals surface area contributed by atoms with Crippen molar-refractivity contribution in [3.05, 3.63) is 32.6 Å². The molecule has 2 amide bonds. The maximum absolute atomic E-state index is 12.9. The number of nitrogens with zero attached hydrogens (tertiary/aromatic N) is 4. The van der Waals surface area contributed by atoms with E-state index in [1.54, 1.807) is 19.2 Å². The van der Waals surface area contributed by atoms with Crippen LogP contribution in [0.4, 0.5) is 5.82 Å². The summed E-state index contributed by atoms with van der Waals surface area (Å²) in [7, 11) is 0. The van der Waals surface area contributed by atoms with Crippen LogP contribution in [-0.2, 0) is 11.2 Å². The first kappa shape index (κ1) is 23.4. The Morgan fingerprint density at radius 2 is 2.06 bits per heavy atom. The number of nitrogen functional groups attached to an aromatic ring is 1. The van der Waals surface area contributed by atoms with Crippen LogP contribution in [0.1, 0.15) is 59.5 Å². The van der Waals surface area contributed by atoms with Crippen molar-refractivity contribution in [2.24, 2.45) is 5.92 Å². The summed E-state index contributed by atoms with van der Waals surface area (Å²) in [5.41, 5.74) is 7.18. The highest BCUT2D eigenvalue weighted by molar-refractivity contribution is 7.09. The van der Waals surface area contributed by atoms with E-state index >= 15 is 0 Å². The number of hydrogen-bond donors (Lipinski definition) is 2. The maximum atomic E-state index is 12.9. The monoisotopic (exact) mass is 464 g/mol. The Hall–Kier alpha value is -2.26. The Morgan fingerprint density at radius 3 is 2.74 bits per heavy atom. The Morgan fingerprint density at radius 1 is 1.29 bits per heavy atom. The summed E-state index contributed by atoms with van der Waals surface area (Å²) in [6.45, 7) is 6.71. The second kappa shape index (κ2) is 10.4. The van der Waals surface area contributed by atoms with Gasteiger partial charge >= 0.3 is 0 Å². The largest absolute Gasteiger partial charge is 0.383 e. The molecule has 8 nitrogen and oxygen atoms in total. The van der Waals surface area contributed by atoms with E-state index in [9.17, 15) is 9.59 Å². The number of rotatable bonds is 6. The van der Waals surface area contributed by atoms with E-state index in [-0.39, 0.29) is 11.8 Å². The summed E-state index contributed by atoms with van der Waals surface area (Å²) in [6.07, 6.45) is 4.52. The summed E-state index contributed by atoms with van der Waals surface area (Å²) >= 11 is 7.66. The Labute approximate surface area is 191 Å². The van der Waals surface area contributed by atoms with Gasteiger partial charge in [0, 0.05) is 24.0 Å². The molecule has 168 valence electrons. The van der Waals surface area contributed by atoms with Crippen molar-refractivity contribution in [2.75, 3.05) is 18.8 Å². The fourth-order valence-electron chi connectivity index (χ4n) is 3.91. The third-order valence-electron chi connectivity index (χ3n) is 5.63. The number of aromatic nitrogens is 3. The van der Waals surface area contributed by atoms with Crippen LogP contribution in [0.3, 0.4) is 0 Å². The smallest absolute Gasteiger partial charge is 0.271 e. The van der Waals surface area contributed by atoms with E-state index in [4.69, 9.17) is 17.3 Å². The highest BCUT2D eigenvalue weighted by Crippen LogP contribution is 2.27. The van der Waals surface area contributed by atoms with Crippen LogP contribution in [0.25, 0.3) is 0 Å². The minimum atomic E-state index is -0.589. The molecule has 0 aliphatic carbocycles. The van der Waals surface area contributed by atoms with Crippen LogP contribution in [0.5, 0.6) is 0 Å². The first-order chi connectivity index (χ1) is 14.7. The molecule has 3 N–H and O–H groups in total. The molecule has 0 bridgehead atoms. The van der Waals surface area contributed by atoms with E-state index in [1.807, 2.05) is 11.8 Å². The Kier molecular flexibility index (Phi) is 7.83. The molecule has 3 heterocycles. The molecule has 3 rings (SSSR count). The Bertz CT molecular complexity index is 927. The van der Waals surface area contributed by atoms with Crippen molar-refractivity contribution in [3.8, 4) is 0 Å². The summed E-state index contributed by atoms with van der Waals surface area (Å²) in [6, 6.07) is -0.589. The highest BCUT2D eigenvalue weighted by atomic mass is 35.5.